The number of nitrogens with zero attached hydrogens (tertiary/aromatic N) is 1. The predicted octanol–water partition coefficient (Wildman–Crippen LogP) is 2.07. The molecule has 0 amide bonds. The summed E-state index contributed by atoms with van der Waals surface area (Å²) in [6.45, 7) is 5.24. The molecule has 1 aliphatic heterocycles. The molecule has 100 valence electrons. The van der Waals surface area contributed by atoms with Crippen LogP contribution in [0, 0.1) is 0 Å². The second kappa shape index (κ2) is 7.39. The molecule has 0 radical (unpaired) electrons. The molecule has 0 spiro atoms. The van der Waals surface area contributed by atoms with Gasteiger partial charge in [-0.05, 0) is 37.4 Å². The molecule has 1 N–H and O–H groups in total. The summed E-state index contributed by atoms with van der Waals surface area (Å²) >= 11 is 0. The van der Waals surface area contributed by atoms with Crippen molar-refractivity contribution in [3.63, 3.8) is 0 Å². The van der Waals surface area contributed by atoms with Crippen LogP contribution in [-0.2, 0) is 11.2 Å². The molecule has 0 unspecified atom stereocenters. The molecule has 0 saturated carbocycles. The molecule has 2 rings (SSSR count). The molecule has 0 bridgehead atoms. The van der Waals surface area contributed by atoms with E-state index in [0.717, 1.165) is 19.7 Å². The van der Waals surface area contributed by atoms with Gasteiger partial charge in [0.2, 0.25) is 0 Å². The summed E-state index contributed by atoms with van der Waals surface area (Å²) in [6.07, 6.45) is 3.71. The third kappa shape index (κ3) is 3.72. The van der Waals surface area contributed by atoms with Crippen LogP contribution in [0.3, 0.4) is 0 Å². The minimum atomic E-state index is 0.805. The molecule has 0 saturated heterocycles. The first-order valence-corrected chi connectivity index (χ1v) is 6.94. The van der Waals surface area contributed by atoms with E-state index in [-0.39, 0.29) is 0 Å². The van der Waals surface area contributed by atoms with E-state index < -0.39 is 0 Å². The average molecular weight is 248 g/mol. The van der Waals surface area contributed by atoms with E-state index in [1.807, 2.05) is 0 Å². The van der Waals surface area contributed by atoms with Crippen molar-refractivity contribution in [2.24, 2.45) is 0 Å². The van der Waals surface area contributed by atoms with Crippen molar-refractivity contribution in [2.45, 2.75) is 19.3 Å². The molecule has 3 heteroatoms. The van der Waals surface area contributed by atoms with Crippen LogP contribution in [0.2, 0.25) is 0 Å². The van der Waals surface area contributed by atoms with Gasteiger partial charge >= 0.3 is 0 Å². The maximum atomic E-state index is 5.00. The number of fused-ring (bicyclic) bond motifs is 1. The highest BCUT2D eigenvalue weighted by Gasteiger charge is 2.16. The lowest BCUT2D eigenvalue weighted by Gasteiger charge is -2.19. The van der Waals surface area contributed by atoms with Crippen molar-refractivity contribution >= 4 is 5.69 Å². The molecule has 0 aromatic heterocycles. The third-order valence-corrected chi connectivity index (χ3v) is 3.50. The fraction of sp³-hybridized carbons (Fsp3) is 0.600. The number of methoxy groups -OCH3 is 1. The Morgan fingerprint density at radius 3 is 3.00 bits per heavy atom. The van der Waals surface area contributed by atoms with E-state index in [1.54, 1.807) is 7.11 Å². The summed E-state index contributed by atoms with van der Waals surface area (Å²) in [6, 6.07) is 8.78. The lowest BCUT2D eigenvalue weighted by molar-refractivity contribution is 0.199. The molecule has 0 fully saturated rings. The molecule has 0 aliphatic carbocycles. The quantitative estimate of drug-likeness (QED) is 0.713. The molecular formula is C15H24N2O. The van der Waals surface area contributed by atoms with E-state index in [4.69, 9.17) is 4.74 Å². The maximum Gasteiger partial charge on any atom is 0.0587 e. The Hall–Kier alpha value is -1.06. The zero-order valence-corrected chi connectivity index (χ0v) is 11.3. The Morgan fingerprint density at radius 1 is 1.22 bits per heavy atom. The Bertz CT molecular complexity index is 354. The lowest BCUT2D eigenvalue weighted by atomic mass is 10.2. The van der Waals surface area contributed by atoms with Crippen LogP contribution in [0.5, 0.6) is 0 Å². The van der Waals surface area contributed by atoms with Crippen LogP contribution >= 0.6 is 0 Å². The zero-order chi connectivity index (χ0) is 12.6. The summed E-state index contributed by atoms with van der Waals surface area (Å²) in [5.41, 5.74) is 2.96. The van der Waals surface area contributed by atoms with Crippen LogP contribution in [0.4, 0.5) is 5.69 Å². The fourth-order valence-electron chi connectivity index (χ4n) is 2.49. The molecule has 0 atom stereocenters. The highest BCUT2D eigenvalue weighted by molar-refractivity contribution is 5.57. The van der Waals surface area contributed by atoms with Crippen LogP contribution in [0.15, 0.2) is 24.3 Å². The number of hydrogen-bond donors (Lipinski definition) is 1. The minimum absolute atomic E-state index is 0.805. The van der Waals surface area contributed by atoms with Crippen molar-refractivity contribution in [3.05, 3.63) is 29.8 Å². The maximum absolute atomic E-state index is 5.00. The van der Waals surface area contributed by atoms with Crippen molar-refractivity contribution in [3.8, 4) is 0 Å². The summed E-state index contributed by atoms with van der Waals surface area (Å²) in [4.78, 5) is 2.52. The van der Waals surface area contributed by atoms with Crippen molar-refractivity contribution in [1.82, 2.24) is 5.32 Å². The highest BCUT2D eigenvalue weighted by atomic mass is 16.5. The molecule has 18 heavy (non-hydrogen) atoms. The Morgan fingerprint density at radius 2 is 2.11 bits per heavy atom. The molecule has 3 nitrogen and oxygen atoms in total. The summed E-state index contributed by atoms with van der Waals surface area (Å²) in [5.74, 6) is 0. The average Bonchev–Trinajstić information content (AvgIpc) is 2.81. The second-order valence-corrected chi connectivity index (χ2v) is 4.82. The van der Waals surface area contributed by atoms with Crippen LogP contribution in [0.25, 0.3) is 0 Å². The van der Waals surface area contributed by atoms with E-state index >= 15 is 0 Å². The number of unbranched alkanes of at least 4 members (excludes halogenated alkanes) is 1. The first kappa shape index (κ1) is 13.4. The monoisotopic (exact) mass is 248 g/mol. The SMILES string of the molecule is COCCNCCCCN1CCc2ccccc21. The predicted molar refractivity (Wildman–Crippen MR) is 76.3 cm³/mol. The van der Waals surface area contributed by atoms with Gasteiger partial charge in [0.1, 0.15) is 0 Å². The number of nitrogens with one attached hydrogen (secondary N) is 1. The smallest absolute Gasteiger partial charge is 0.0587 e. The minimum Gasteiger partial charge on any atom is -0.383 e. The highest BCUT2D eigenvalue weighted by Crippen LogP contribution is 2.27. The Balaban J connectivity index is 1.61. The van der Waals surface area contributed by atoms with E-state index in [0.29, 0.717) is 0 Å². The second-order valence-electron chi connectivity index (χ2n) is 4.82. The summed E-state index contributed by atoms with van der Waals surface area (Å²) in [7, 11) is 1.74. The molecule has 1 aromatic carbocycles. The number of benzene rings is 1. The van der Waals surface area contributed by atoms with Crippen molar-refractivity contribution < 1.29 is 4.74 Å². The molecule has 1 aliphatic rings. The number of para-hydroxylation sites is 1. The number of hydrogen-bond acceptors (Lipinski definition) is 3. The van der Waals surface area contributed by atoms with Gasteiger partial charge in [0.25, 0.3) is 0 Å². The standard InChI is InChI=1S/C15H24N2O/c1-18-13-10-16-9-4-5-11-17-12-8-14-6-2-3-7-15(14)17/h2-3,6-7,16H,4-5,8-13H2,1H3. The van der Waals surface area contributed by atoms with Crippen LogP contribution < -0.4 is 10.2 Å². The van der Waals surface area contributed by atoms with Gasteiger partial charge < -0.3 is 15.0 Å². The fourth-order valence-corrected chi connectivity index (χ4v) is 2.49. The number of ether oxygens (including phenoxy) is 1. The third-order valence-electron chi connectivity index (χ3n) is 3.50. The van der Waals surface area contributed by atoms with Gasteiger partial charge in [-0.25, -0.2) is 0 Å². The van der Waals surface area contributed by atoms with E-state index in [9.17, 15) is 0 Å². The van der Waals surface area contributed by atoms with Crippen molar-refractivity contribution in [1.29, 1.82) is 0 Å². The lowest BCUT2D eigenvalue weighted by Crippen LogP contribution is -2.24. The van der Waals surface area contributed by atoms with E-state index in [1.165, 1.54) is 43.6 Å². The summed E-state index contributed by atoms with van der Waals surface area (Å²) < 4.78 is 5.00. The van der Waals surface area contributed by atoms with Gasteiger partial charge in [-0.1, -0.05) is 18.2 Å². The molecule has 1 heterocycles. The van der Waals surface area contributed by atoms with Gasteiger partial charge in [-0.2, -0.15) is 0 Å². The zero-order valence-electron chi connectivity index (χ0n) is 11.3. The van der Waals surface area contributed by atoms with E-state index in [2.05, 4.69) is 34.5 Å². The first-order chi connectivity index (χ1) is 8.92. The van der Waals surface area contributed by atoms with Gasteiger partial charge in [-0.15, -0.1) is 0 Å². The number of rotatable bonds is 8. The van der Waals surface area contributed by atoms with Gasteiger partial charge in [0.05, 0.1) is 6.61 Å². The van der Waals surface area contributed by atoms with Crippen LogP contribution in [0.1, 0.15) is 18.4 Å². The van der Waals surface area contributed by atoms with Gasteiger partial charge in [-0.3, -0.25) is 0 Å². The molecule has 1 aromatic rings. The van der Waals surface area contributed by atoms with Crippen LogP contribution in [-0.4, -0.2) is 39.9 Å². The summed E-state index contributed by atoms with van der Waals surface area (Å²) in [5, 5.41) is 3.39. The van der Waals surface area contributed by atoms with Crippen molar-refractivity contribution in [2.75, 3.05) is 44.8 Å². The molecular weight excluding hydrogens is 224 g/mol. The largest absolute Gasteiger partial charge is 0.383 e. The van der Waals surface area contributed by atoms with Gasteiger partial charge in [0, 0.05) is 32.4 Å². The normalized spacial score (nSPS) is 13.9. The number of anilines is 1. The Labute approximate surface area is 110 Å². The first-order valence-electron chi connectivity index (χ1n) is 6.94. The van der Waals surface area contributed by atoms with Gasteiger partial charge in [0.15, 0.2) is 0 Å². The topological polar surface area (TPSA) is 24.5 Å². The Kier molecular flexibility index (Phi) is 5.49.